The lowest BCUT2D eigenvalue weighted by Crippen LogP contribution is -2.13. The summed E-state index contributed by atoms with van der Waals surface area (Å²) >= 11 is 5.89. The minimum atomic E-state index is -3.80. The maximum atomic E-state index is 12.2. The van der Waals surface area contributed by atoms with Gasteiger partial charge in [0.15, 0.2) is 0 Å². The summed E-state index contributed by atoms with van der Waals surface area (Å²) in [5.74, 6) is 0. The summed E-state index contributed by atoms with van der Waals surface area (Å²) in [4.78, 5) is -0.0577. The van der Waals surface area contributed by atoms with Crippen molar-refractivity contribution >= 4 is 33.0 Å². The predicted octanol–water partition coefficient (Wildman–Crippen LogP) is 2.59. The first-order valence-electron chi connectivity index (χ1n) is 5.50. The molecule has 0 bridgehead atoms. The van der Waals surface area contributed by atoms with Gasteiger partial charge in [0.2, 0.25) is 0 Å². The van der Waals surface area contributed by atoms with E-state index in [1.165, 1.54) is 42.5 Å². The number of anilines is 2. The van der Waals surface area contributed by atoms with Crippen molar-refractivity contribution in [3.63, 3.8) is 0 Å². The Kier molecular flexibility index (Phi) is 3.84. The summed E-state index contributed by atoms with van der Waals surface area (Å²) < 4.78 is 26.8. The molecule has 0 heterocycles. The number of nitriles is 1. The molecule has 0 saturated heterocycles. The largest absolute Gasteiger partial charge is 0.399 e. The molecule has 2 aromatic rings. The third-order valence-electron chi connectivity index (χ3n) is 2.51. The van der Waals surface area contributed by atoms with E-state index in [9.17, 15) is 8.42 Å². The fourth-order valence-corrected chi connectivity index (χ4v) is 3.17. The zero-order valence-corrected chi connectivity index (χ0v) is 11.7. The summed E-state index contributed by atoms with van der Waals surface area (Å²) in [5, 5.41) is 8.73. The first-order valence-corrected chi connectivity index (χ1v) is 7.36. The number of nitrogens with one attached hydrogen (secondary N) is 1. The second-order valence-corrected chi connectivity index (χ2v) is 6.04. The zero-order chi connectivity index (χ0) is 14.8. The maximum absolute atomic E-state index is 12.2. The Bertz CT molecular complexity index is 780. The maximum Gasteiger partial charge on any atom is 0.263 e. The summed E-state index contributed by atoms with van der Waals surface area (Å²) in [7, 11) is -3.80. The number of halogens is 1. The normalized spacial score (nSPS) is 10.8. The third kappa shape index (κ3) is 3.02. The molecule has 0 aliphatic heterocycles. The fraction of sp³-hybridized carbons (Fsp3) is 0. The third-order valence-corrected chi connectivity index (χ3v) is 4.38. The van der Waals surface area contributed by atoms with Gasteiger partial charge in [-0.2, -0.15) is 5.26 Å². The Morgan fingerprint density at radius 2 is 1.80 bits per heavy atom. The highest BCUT2D eigenvalue weighted by molar-refractivity contribution is 7.92. The van der Waals surface area contributed by atoms with Crippen LogP contribution in [-0.2, 0) is 10.0 Å². The van der Waals surface area contributed by atoms with E-state index < -0.39 is 10.0 Å². The average Bonchev–Trinajstić information content (AvgIpc) is 2.38. The molecular weight excluding hydrogens is 298 g/mol. The second kappa shape index (κ2) is 5.41. The Balaban J connectivity index is 2.33. The zero-order valence-electron chi connectivity index (χ0n) is 10.2. The molecule has 3 N–H and O–H groups in total. The SMILES string of the molecule is N#Cc1ccc(NS(=O)(=O)c2ccc(N)cc2Cl)cc1. The van der Waals surface area contributed by atoms with Crippen LogP contribution in [0, 0.1) is 11.3 Å². The Hall–Kier alpha value is -2.23. The Labute approximate surface area is 121 Å². The van der Waals surface area contributed by atoms with Crippen molar-refractivity contribution in [3.8, 4) is 6.07 Å². The van der Waals surface area contributed by atoms with Crippen LogP contribution in [0.1, 0.15) is 5.56 Å². The molecule has 0 radical (unpaired) electrons. The molecule has 0 aromatic heterocycles. The topological polar surface area (TPSA) is 96.0 Å². The molecule has 2 rings (SSSR count). The molecule has 0 fully saturated rings. The fourth-order valence-electron chi connectivity index (χ4n) is 1.56. The molecule has 0 saturated carbocycles. The lowest BCUT2D eigenvalue weighted by molar-refractivity contribution is 0.601. The number of rotatable bonds is 3. The number of hydrogen-bond donors (Lipinski definition) is 2. The van der Waals surface area contributed by atoms with Gasteiger partial charge in [-0.1, -0.05) is 11.6 Å². The van der Waals surface area contributed by atoms with Gasteiger partial charge in [-0.05, 0) is 42.5 Å². The molecule has 0 amide bonds. The van der Waals surface area contributed by atoms with E-state index in [2.05, 4.69) is 4.72 Å². The Morgan fingerprint density at radius 3 is 2.35 bits per heavy atom. The smallest absolute Gasteiger partial charge is 0.263 e. The van der Waals surface area contributed by atoms with Crippen molar-refractivity contribution in [1.29, 1.82) is 5.26 Å². The predicted molar refractivity (Wildman–Crippen MR) is 77.8 cm³/mol. The number of nitrogens with zero attached hydrogens (tertiary/aromatic N) is 1. The minimum Gasteiger partial charge on any atom is -0.399 e. The molecule has 20 heavy (non-hydrogen) atoms. The highest BCUT2D eigenvalue weighted by Crippen LogP contribution is 2.25. The van der Waals surface area contributed by atoms with Crippen LogP contribution in [0.15, 0.2) is 47.4 Å². The van der Waals surface area contributed by atoms with Crippen molar-refractivity contribution in [3.05, 3.63) is 53.1 Å². The van der Waals surface area contributed by atoms with Gasteiger partial charge >= 0.3 is 0 Å². The molecule has 0 aliphatic rings. The molecule has 0 unspecified atom stereocenters. The van der Waals surface area contributed by atoms with E-state index in [0.717, 1.165) is 0 Å². The van der Waals surface area contributed by atoms with Gasteiger partial charge < -0.3 is 5.73 Å². The molecule has 0 atom stereocenters. The standard InChI is InChI=1S/C13H10ClN3O2S/c14-12-7-10(16)3-6-13(12)20(18,19)17-11-4-1-9(8-15)2-5-11/h1-7,17H,16H2. The van der Waals surface area contributed by atoms with Gasteiger partial charge in [0.25, 0.3) is 10.0 Å². The lowest BCUT2D eigenvalue weighted by atomic mass is 10.2. The van der Waals surface area contributed by atoms with Gasteiger partial charge in [-0.25, -0.2) is 8.42 Å². The minimum absolute atomic E-state index is 0.0474. The van der Waals surface area contributed by atoms with Crippen LogP contribution in [0.4, 0.5) is 11.4 Å². The van der Waals surface area contributed by atoms with Gasteiger partial charge in [-0.15, -0.1) is 0 Å². The van der Waals surface area contributed by atoms with Crippen LogP contribution in [0.2, 0.25) is 5.02 Å². The van der Waals surface area contributed by atoms with Gasteiger partial charge in [0.1, 0.15) is 4.90 Å². The van der Waals surface area contributed by atoms with E-state index in [0.29, 0.717) is 16.9 Å². The molecule has 0 spiro atoms. The van der Waals surface area contributed by atoms with E-state index in [1.54, 1.807) is 0 Å². The first kappa shape index (κ1) is 14.2. The average molecular weight is 308 g/mol. The molecule has 0 aliphatic carbocycles. The van der Waals surface area contributed by atoms with Crippen LogP contribution in [-0.4, -0.2) is 8.42 Å². The van der Waals surface area contributed by atoms with Crippen molar-refractivity contribution in [2.24, 2.45) is 0 Å². The molecule has 2 aromatic carbocycles. The van der Waals surface area contributed by atoms with Crippen LogP contribution in [0.5, 0.6) is 0 Å². The van der Waals surface area contributed by atoms with Gasteiger partial charge in [-0.3, -0.25) is 4.72 Å². The van der Waals surface area contributed by atoms with E-state index >= 15 is 0 Å². The summed E-state index contributed by atoms with van der Waals surface area (Å²) in [6, 6.07) is 12.2. The van der Waals surface area contributed by atoms with E-state index in [1.807, 2.05) is 6.07 Å². The van der Waals surface area contributed by atoms with Gasteiger partial charge in [0.05, 0.1) is 16.7 Å². The number of benzene rings is 2. The quantitative estimate of drug-likeness (QED) is 0.852. The molecular formula is C13H10ClN3O2S. The number of nitrogens with two attached hydrogens (primary N) is 1. The number of sulfonamides is 1. The summed E-state index contributed by atoms with van der Waals surface area (Å²) in [6.07, 6.45) is 0. The second-order valence-electron chi connectivity index (χ2n) is 3.98. The van der Waals surface area contributed by atoms with Crippen LogP contribution >= 0.6 is 11.6 Å². The van der Waals surface area contributed by atoms with Crippen molar-refractivity contribution in [2.75, 3.05) is 10.5 Å². The molecule has 102 valence electrons. The Morgan fingerprint density at radius 1 is 1.15 bits per heavy atom. The van der Waals surface area contributed by atoms with Crippen molar-refractivity contribution < 1.29 is 8.42 Å². The number of hydrogen-bond acceptors (Lipinski definition) is 4. The number of nitrogen functional groups attached to an aromatic ring is 1. The van der Waals surface area contributed by atoms with Crippen molar-refractivity contribution in [1.82, 2.24) is 0 Å². The van der Waals surface area contributed by atoms with Crippen molar-refractivity contribution in [2.45, 2.75) is 4.90 Å². The van der Waals surface area contributed by atoms with Crippen LogP contribution in [0.3, 0.4) is 0 Å². The highest BCUT2D eigenvalue weighted by Gasteiger charge is 2.18. The molecule has 5 nitrogen and oxygen atoms in total. The monoisotopic (exact) mass is 307 g/mol. The summed E-state index contributed by atoms with van der Waals surface area (Å²) in [5.41, 5.74) is 6.69. The molecule has 7 heteroatoms. The summed E-state index contributed by atoms with van der Waals surface area (Å²) in [6.45, 7) is 0. The first-order chi connectivity index (χ1) is 9.42. The highest BCUT2D eigenvalue weighted by atomic mass is 35.5. The van der Waals surface area contributed by atoms with Crippen LogP contribution < -0.4 is 10.5 Å². The van der Waals surface area contributed by atoms with E-state index in [-0.39, 0.29) is 9.92 Å². The van der Waals surface area contributed by atoms with E-state index in [4.69, 9.17) is 22.6 Å². The van der Waals surface area contributed by atoms with Crippen LogP contribution in [0.25, 0.3) is 0 Å². The lowest BCUT2D eigenvalue weighted by Gasteiger charge is -2.09. The van der Waals surface area contributed by atoms with Gasteiger partial charge in [0, 0.05) is 11.4 Å².